The minimum atomic E-state index is -0.230. The highest BCUT2D eigenvalue weighted by atomic mass is 35.5. The molecule has 1 aliphatic rings. The first-order valence-corrected chi connectivity index (χ1v) is 7.66. The lowest BCUT2D eigenvalue weighted by Gasteiger charge is -2.14. The van der Waals surface area contributed by atoms with Crippen LogP contribution in [0.15, 0.2) is 12.1 Å². The molecular formula is C14H19Cl2N3O2. The van der Waals surface area contributed by atoms with E-state index in [0.717, 1.165) is 25.9 Å². The fraction of sp³-hybridized carbons (Fsp3) is 0.500. The number of aliphatic hydroxyl groups is 1. The van der Waals surface area contributed by atoms with Crippen molar-refractivity contribution >= 4 is 40.5 Å². The highest BCUT2D eigenvalue weighted by Gasteiger charge is 2.19. The number of carbonyl (C=O) groups is 1. The number of benzene rings is 1. The van der Waals surface area contributed by atoms with E-state index in [-0.39, 0.29) is 12.0 Å². The summed E-state index contributed by atoms with van der Waals surface area (Å²) in [6.45, 7) is 2.38. The maximum absolute atomic E-state index is 11.9. The molecule has 0 aromatic heterocycles. The van der Waals surface area contributed by atoms with Crippen LogP contribution in [-0.4, -0.2) is 41.7 Å². The molecule has 21 heavy (non-hydrogen) atoms. The van der Waals surface area contributed by atoms with Crippen LogP contribution in [0.1, 0.15) is 19.3 Å². The Hall–Kier alpha value is -1.01. The largest absolute Gasteiger partial charge is 0.399 e. The van der Waals surface area contributed by atoms with Gasteiger partial charge in [-0.05, 0) is 31.5 Å². The van der Waals surface area contributed by atoms with Gasteiger partial charge in [0, 0.05) is 25.2 Å². The van der Waals surface area contributed by atoms with E-state index in [2.05, 4.69) is 10.2 Å². The van der Waals surface area contributed by atoms with Crippen molar-refractivity contribution in [1.82, 2.24) is 4.90 Å². The number of nitrogens with two attached hydrogens (primary N) is 1. The van der Waals surface area contributed by atoms with Crippen molar-refractivity contribution in [2.75, 3.05) is 30.7 Å². The molecule has 0 saturated carbocycles. The van der Waals surface area contributed by atoms with Crippen LogP contribution < -0.4 is 11.1 Å². The number of amides is 1. The SMILES string of the molecule is Nc1cc(Cl)c(NC(=O)CCCN2CCC(O)C2)c(Cl)c1. The summed E-state index contributed by atoms with van der Waals surface area (Å²) in [5, 5.41) is 12.8. The summed E-state index contributed by atoms with van der Waals surface area (Å²) in [4.78, 5) is 14.1. The third kappa shape index (κ3) is 4.74. The summed E-state index contributed by atoms with van der Waals surface area (Å²) in [6, 6.07) is 3.10. The minimum Gasteiger partial charge on any atom is -0.399 e. The third-order valence-corrected chi connectivity index (χ3v) is 4.05. The standard InChI is InChI=1S/C14H19Cl2N3O2/c15-11-6-9(17)7-12(16)14(11)18-13(21)2-1-4-19-5-3-10(20)8-19/h6-7,10,20H,1-5,8,17H2,(H,18,21). The van der Waals surface area contributed by atoms with Crippen LogP contribution in [0, 0.1) is 0 Å². The van der Waals surface area contributed by atoms with Crippen molar-refractivity contribution in [1.29, 1.82) is 0 Å². The summed E-state index contributed by atoms with van der Waals surface area (Å²) in [5.74, 6) is -0.136. The second-order valence-electron chi connectivity index (χ2n) is 5.25. The molecule has 7 heteroatoms. The van der Waals surface area contributed by atoms with Gasteiger partial charge in [0.1, 0.15) is 0 Å². The first-order chi connectivity index (χ1) is 9.95. The summed E-state index contributed by atoms with van der Waals surface area (Å²) in [7, 11) is 0. The van der Waals surface area contributed by atoms with Crippen molar-refractivity contribution in [3.05, 3.63) is 22.2 Å². The van der Waals surface area contributed by atoms with Gasteiger partial charge in [-0.3, -0.25) is 4.79 Å². The molecule has 5 nitrogen and oxygen atoms in total. The van der Waals surface area contributed by atoms with Crippen LogP contribution in [0.3, 0.4) is 0 Å². The normalized spacial score (nSPS) is 18.9. The molecule has 1 heterocycles. The molecule has 1 aliphatic heterocycles. The van der Waals surface area contributed by atoms with Crippen LogP contribution in [0.2, 0.25) is 10.0 Å². The summed E-state index contributed by atoms with van der Waals surface area (Å²) < 4.78 is 0. The first kappa shape index (κ1) is 16.4. The number of hydrogen-bond acceptors (Lipinski definition) is 4. The quantitative estimate of drug-likeness (QED) is 0.724. The molecule has 1 amide bonds. The number of likely N-dealkylation sites (tertiary alicyclic amines) is 1. The number of aliphatic hydroxyl groups excluding tert-OH is 1. The Labute approximate surface area is 134 Å². The molecule has 1 fully saturated rings. The van der Waals surface area contributed by atoms with Gasteiger partial charge >= 0.3 is 0 Å². The van der Waals surface area contributed by atoms with Gasteiger partial charge in [-0.2, -0.15) is 0 Å². The van der Waals surface area contributed by atoms with Gasteiger partial charge in [0.25, 0.3) is 0 Å². The molecule has 1 atom stereocenters. The van der Waals surface area contributed by atoms with E-state index in [1.807, 2.05) is 0 Å². The number of nitrogen functional groups attached to an aromatic ring is 1. The Bertz CT molecular complexity index is 502. The number of halogens is 2. The molecule has 1 unspecified atom stereocenters. The van der Waals surface area contributed by atoms with Crippen molar-refractivity contribution in [2.45, 2.75) is 25.4 Å². The van der Waals surface area contributed by atoms with Crippen LogP contribution in [-0.2, 0) is 4.79 Å². The van der Waals surface area contributed by atoms with Crippen molar-refractivity contribution in [3.8, 4) is 0 Å². The van der Waals surface area contributed by atoms with Crippen LogP contribution in [0.4, 0.5) is 11.4 Å². The van der Waals surface area contributed by atoms with Gasteiger partial charge in [-0.15, -0.1) is 0 Å². The summed E-state index contributed by atoms with van der Waals surface area (Å²) >= 11 is 12.0. The molecule has 1 saturated heterocycles. The van der Waals surface area contributed by atoms with Crippen LogP contribution in [0.5, 0.6) is 0 Å². The Morgan fingerprint density at radius 3 is 2.67 bits per heavy atom. The zero-order valence-corrected chi connectivity index (χ0v) is 13.1. The fourth-order valence-corrected chi connectivity index (χ4v) is 2.99. The Morgan fingerprint density at radius 1 is 1.43 bits per heavy atom. The lowest BCUT2D eigenvalue weighted by Crippen LogP contribution is -2.24. The molecule has 1 aromatic rings. The molecule has 2 rings (SSSR count). The molecule has 1 aromatic carbocycles. The van der Waals surface area contributed by atoms with E-state index in [4.69, 9.17) is 28.9 Å². The zero-order chi connectivity index (χ0) is 15.4. The minimum absolute atomic E-state index is 0.136. The number of nitrogens with one attached hydrogen (secondary N) is 1. The highest BCUT2D eigenvalue weighted by molar-refractivity contribution is 6.40. The lowest BCUT2D eigenvalue weighted by molar-refractivity contribution is -0.116. The van der Waals surface area contributed by atoms with E-state index < -0.39 is 0 Å². The third-order valence-electron chi connectivity index (χ3n) is 3.45. The molecular weight excluding hydrogens is 313 g/mol. The maximum Gasteiger partial charge on any atom is 0.224 e. The molecule has 0 spiro atoms. The van der Waals surface area contributed by atoms with Crippen molar-refractivity contribution < 1.29 is 9.90 Å². The Kier molecular flexibility index (Phi) is 5.70. The average Bonchev–Trinajstić information content (AvgIpc) is 2.79. The van der Waals surface area contributed by atoms with E-state index in [1.165, 1.54) is 0 Å². The zero-order valence-electron chi connectivity index (χ0n) is 11.6. The number of carbonyl (C=O) groups excluding carboxylic acids is 1. The van der Waals surface area contributed by atoms with Crippen LogP contribution >= 0.6 is 23.2 Å². The number of rotatable bonds is 5. The molecule has 4 N–H and O–H groups in total. The predicted molar refractivity (Wildman–Crippen MR) is 85.8 cm³/mol. The Morgan fingerprint density at radius 2 is 2.10 bits per heavy atom. The second kappa shape index (κ2) is 7.31. The molecule has 0 radical (unpaired) electrons. The topological polar surface area (TPSA) is 78.6 Å². The first-order valence-electron chi connectivity index (χ1n) is 6.90. The number of nitrogens with zero attached hydrogens (tertiary/aromatic N) is 1. The monoisotopic (exact) mass is 331 g/mol. The van der Waals surface area contributed by atoms with E-state index in [9.17, 15) is 9.90 Å². The van der Waals surface area contributed by atoms with Crippen LogP contribution in [0.25, 0.3) is 0 Å². The van der Waals surface area contributed by atoms with Gasteiger partial charge < -0.3 is 21.1 Å². The molecule has 0 bridgehead atoms. The maximum atomic E-state index is 11.9. The average molecular weight is 332 g/mol. The predicted octanol–water partition coefficient (Wildman–Crippen LogP) is 2.36. The van der Waals surface area contributed by atoms with Gasteiger partial charge in [-0.1, -0.05) is 23.2 Å². The van der Waals surface area contributed by atoms with E-state index in [0.29, 0.717) is 34.4 Å². The summed E-state index contributed by atoms with van der Waals surface area (Å²) in [6.07, 6.45) is 1.68. The smallest absolute Gasteiger partial charge is 0.224 e. The number of β-amino-alcohol motifs (C(OH)–C–C–N with tert-alkyl or cyclic N) is 1. The molecule has 0 aliphatic carbocycles. The number of hydrogen-bond donors (Lipinski definition) is 3. The van der Waals surface area contributed by atoms with Crippen molar-refractivity contribution in [3.63, 3.8) is 0 Å². The van der Waals surface area contributed by atoms with Gasteiger partial charge in [0.15, 0.2) is 0 Å². The highest BCUT2D eigenvalue weighted by Crippen LogP contribution is 2.32. The van der Waals surface area contributed by atoms with Gasteiger partial charge in [0.2, 0.25) is 5.91 Å². The number of anilines is 2. The van der Waals surface area contributed by atoms with Gasteiger partial charge in [0.05, 0.1) is 21.8 Å². The van der Waals surface area contributed by atoms with Gasteiger partial charge in [-0.25, -0.2) is 0 Å². The lowest BCUT2D eigenvalue weighted by atomic mass is 10.2. The summed E-state index contributed by atoms with van der Waals surface area (Å²) in [5.41, 5.74) is 6.46. The molecule has 116 valence electrons. The fourth-order valence-electron chi connectivity index (χ4n) is 2.39. The van der Waals surface area contributed by atoms with Crippen molar-refractivity contribution in [2.24, 2.45) is 0 Å². The van der Waals surface area contributed by atoms with E-state index in [1.54, 1.807) is 12.1 Å². The van der Waals surface area contributed by atoms with E-state index >= 15 is 0 Å². The second-order valence-corrected chi connectivity index (χ2v) is 6.07. The Balaban J connectivity index is 1.79.